The SMILES string of the molecule is CCCc1c(C(=O)NC2CC2)cnn1CC(F)(F)F. The molecule has 1 aromatic rings. The molecule has 1 aliphatic rings. The van der Waals surface area contributed by atoms with E-state index in [9.17, 15) is 18.0 Å². The number of halogens is 3. The van der Waals surface area contributed by atoms with Crippen molar-refractivity contribution in [2.75, 3.05) is 0 Å². The van der Waals surface area contributed by atoms with Crippen LogP contribution in [0.25, 0.3) is 0 Å². The number of hydrogen-bond donors (Lipinski definition) is 1. The first kappa shape index (κ1) is 13.9. The highest BCUT2D eigenvalue weighted by atomic mass is 19.4. The zero-order valence-corrected chi connectivity index (χ0v) is 10.6. The quantitative estimate of drug-likeness (QED) is 0.896. The van der Waals surface area contributed by atoms with Gasteiger partial charge in [0.25, 0.3) is 5.91 Å². The second kappa shape index (κ2) is 5.22. The summed E-state index contributed by atoms with van der Waals surface area (Å²) < 4.78 is 38.2. The molecule has 1 aliphatic carbocycles. The second-order valence-electron chi connectivity index (χ2n) is 4.78. The normalized spacial score (nSPS) is 15.6. The van der Waals surface area contributed by atoms with E-state index in [0.717, 1.165) is 17.5 Å². The van der Waals surface area contributed by atoms with Crippen molar-refractivity contribution in [1.29, 1.82) is 0 Å². The second-order valence-corrected chi connectivity index (χ2v) is 4.78. The van der Waals surface area contributed by atoms with Gasteiger partial charge in [-0.1, -0.05) is 13.3 Å². The fourth-order valence-corrected chi connectivity index (χ4v) is 1.90. The molecule has 0 spiro atoms. The number of carbonyl (C=O) groups is 1. The minimum atomic E-state index is -4.33. The van der Waals surface area contributed by atoms with Gasteiger partial charge in [0.15, 0.2) is 0 Å². The van der Waals surface area contributed by atoms with Crippen molar-refractivity contribution in [2.24, 2.45) is 0 Å². The summed E-state index contributed by atoms with van der Waals surface area (Å²) in [6.07, 6.45) is -0.166. The van der Waals surface area contributed by atoms with Crippen LogP contribution >= 0.6 is 0 Å². The van der Waals surface area contributed by atoms with Crippen LogP contribution in [0.2, 0.25) is 0 Å². The summed E-state index contributed by atoms with van der Waals surface area (Å²) in [6.45, 7) is 0.701. The summed E-state index contributed by atoms with van der Waals surface area (Å²) in [4.78, 5) is 11.9. The third kappa shape index (κ3) is 3.71. The largest absolute Gasteiger partial charge is 0.408 e. The molecule has 0 unspecified atom stereocenters. The maximum Gasteiger partial charge on any atom is 0.408 e. The van der Waals surface area contributed by atoms with Crippen LogP contribution in [0, 0.1) is 0 Å². The Hall–Kier alpha value is -1.53. The predicted molar refractivity (Wildman–Crippen MR) is 62.8 cm³/mol. The molecule has 7 heteroatoms. The number of aromatic nitrogens is 2. The fourth-order valence-electron chi connectivity index (χ4n) is 1.90. The number of carbonyl (C=O) groups excluding carboxylic acids is 1. The smallest absolute Gasteiger partial charge is 0.349 e. The van der Waals surface area contributed by atoms with Gasteiger partial charge in [0.1, 0.15) is 6.54 Å². The Morgan fingerprint density at radius 2 is 2.21 bits per heavy atom. The van der Waals surface area contributed by atoms with E-state index in [-0.39, 0.29) is 17.5 Å². The molecule has 4 nitrogen and oxygen atoms in total. The molecular weight excluding hydrogens is 259 g/mol. The molecule has 1 heterocycles. The molecule has 0 radical (unpaired) electrons. The third-order valence-electron chi connectivity index (χ3n) is 2.92. The Morgan fingerprint density at radius 3 is 2.74 bits per heavy atom. The van der Waals surface area contributed by atoms with E-state index in [4.69, 9.17) is 0 Å². The summed E-state index contributed by atoms with van der Waals surface area (Å²) in [5.41, 5.74) is 0.621. The Balaban J connectivity index is 2.19. The van der Waals surface area contributed by atoms with Gasteiger partial charge >= 0.3 is 6.18 Å². The molecule has 1 fully saturated rings. The maximum absolute atomic E-state index is 12.4. The lowest BCUT2D eigenvalue weighted by atomic mass is 10.1. The van der Waals surface area contributed by atoms with Crippen molar-refractivity contribution in [3.63, 3.8) is 0 Å². The summed E-state index contributed by atoms with van der Waals surface area (Å²) in [6, 6.07) is 0.174. The average Bonchev–Trinajstić information content (AvgIpc) is 3.01. The topological polar surface area (TPSA) is 46.9 Å². The minimum absolute atomic E-state index is 0.174. The van der Waals surface area contributed by atoms with Crippen LogP contribution in [-0.2, 0) is 13.0 Å². The number of amides is 1. The first-order valence-corrected chi connectivity index (χ1v) is 6.33. The van der Waals surface area contributed by atoms with E-state index in [2.05, 4.69) is 10.4 Å². The molecular formula is C12H16F3N3O. The molecule has 19 heavy (non-hydrogen) atoms. The highest BCUT2D eigenvalue weighted by Gasteiger charge is 2.31. The fraction of sp³-hybridized carbons (Fsp3) is 0.667. The van der Waals surface area contributed by atoms with Gasteiger partial charge < -0.3 is 5.32 Å². The van der Waals surface area contributed by atoms with Crippen molar-refractivity contribution >= 4 is 5.91 Å². The first-order chi connectivity index (χ1) is 8.90. The lowest BCUT2D eigenvalue weighted by Crippen LogP contribution is -2.27. The number of hydrogen-bond acceptors (Lipinski definition) is 2. The van der Waals surface area contributed by atoms with Gasteiger partial charge in [0, 0.05) is 6.04 Å². The molecule has 1 amide bonds. The molecule has 0 saturated heterocycles. The zero-order chi connectivity index (χ0) is 14.0. The van der Waals surface area contributed by atoms with Crippen molar-refractivity contribution in [2.45, 2.75) is 51.4 Å². The lowest BCUT2D eigenvalue weighted by Gasteiger charge is -2.11. The van der Waals surface area contributed by atoms with Crippen molar-refractivity contribution < 1.29 is 18.0 Å². The number of rotatable bonds is 5. The summed E-state index contributed by atoms with van der Waals surface area (Å²) >= 11 is 0. The molecule has 1 saturated carbocycles. The first-order valence-electron chi connectivity index (χ1n) is 6.33. The number of nitrogens with zero attached hydrogens (tertiary/aromatic N) is 2. The van der Waals surface area contributed by atoms with Crippen LogP contribution in [0.15, 0.2) is 6.20 Å². The van der Waals surface area contributed by atoms with Crippen LogP contribution in [0.1, 0.15) is 42.2 Å². The average molecular weight is 275 g/mol. The van der Waals surface area contributed by atoms with Gasteiger partial charge in [-0.3, -0.25) is 9.48 Å². The molecule has 2 rings (SSSR count). The van der Waals surface area contributed by atoms with E-state index in [1.165, 1.54) is 6.20 Å². The predicted octanol–water partition coefficient (Wildman–Crippen LogP) is 2.29. The van der Waals surface area contributed by atoms with E-state index < -0.39 is 12.7 Å². The summed E-state index contributed by atoms with van der Waals surface area (Å²) in [7, 11) is 0. The Labute approximate surface area is 109 Å². The Morgan fingerprint density at radius 1 is 1.53 bits per heavy atom. The summed E-state index contributed by atoms with van der Waals surface area (Å²) in [5, 5.41) is 6.48. The standard InChI is InChI=1S/C12H16F3N3O/c1-2-3-10-9(11(19)17-8-4-5-8)6-16-18(10)7-12(13,14)15/h6,8H,2-5,7H2,1H3,(H,17,19). The molecule has 0 aromatic carbocycles. The van der Waals surface area contributed by atoms with Crippen molar-refractivity contribution in [3.8, 4) is 0 Å². The van der Waals surface area contributed by atoms with Gasteiger partial charge in [-0.15, -0.1) is 0 Å². The number of nitrogens with one attached hydrogen (secondary N) is 1. The molecule has 1 N–H and O–H groups in total. The Bertz CT molecular complexity index is 463. The third-order valence-corrected chi connectivity index (χ3v) is 2.92. The molecule has 1 aromatic heterocycles. The summed E-state index contributed by atoms with van der Waals surface area (Å²) in [5.74, 6) is -0.320. The molecule has 0 atom stereocenters. The van der Waals surface area contributed by atoms with Crippen LogP contribution in [0.3, 0.4) is 0 Å². The van der Waals surface area contributed by atoms with E-state index in [1.807, 2.05) is 6.92 Å². The number of alkyl halides is 3. The van der Waals surface area contributed by atoms with Crippen LogP contribution in [0.4, 0.5) is 13.2 Å². The molecule has 0 aliphatic heterocycles. The Kier molecular flexibility index (Phi) is 3.82. The van der Waals surface area contributed by atoms with E-state index in [0.29, 0.717) is 18.5 Å². The van der Waals surface area contributed by atoms with Gasteiger partial charge in [-0.2, -0.15) is 18.3 Å². The monoisotopic (exact) mass is 275 g/mol. The zero-order valence-electron chi connectivity index (χ0n) is 10.6. The lowest BCUT2D eigenvalue weighted by molar-refractivity contribution is -0.143. The van der Waals surface area contributed by atoms with Crippen LogP contribution in [0.5, 0.6) is 0 Å². The van der Waals surface area contributed by atoms with Gasteiger partial charge in [-0.25, -0.2) is 0 Å². The highest BCUT2D eigenvalue weighted by Crippen LogP contribution is 2.22. The highest BCUT2D eigenvalue weighted by molar-refractivity contribution is 5.95. The molecule has 106 valence electrons. The molecule has 0 bridgehead atoms. The van der Waals surface area contributed by atoms with Crippen molar-refractivity contribution in [3.05, 3.63) is 17.5 Å². The minimum Gasteiger partial charge on any atom is -0.349 e. The maximum atomic E-state index is 12.4. The van der Waals surface area contributed by atoms with Crippen molar-refractivity contribution in [1.82, 2.24) is 15.1 Å². The van der Waals surface area contributed by atoms with Gasteiger partial charge in [-0.05, 0) is 19.3 Å². The van der Waals surface area contributed by atoms with Gasteiger partial charge in [0.05, 0.1) is 17.5 Å². The van der Waals surface area contributed by atoms with E-state index >= 15 is 0 Å². The van der Waals surface area contributed by atoms with E-state index in [1.54, 1.807) is 0 Å². The van der Waals surface area contributed by atoms with Crippen LogP contribution < -0.4 is 5.32 Å². The van der Waals surface area contributed by atoms with Gasteiger partial charge in [0.2, 0.25) is 0 Å². The van der Waals surface area contributed by atoms with Crippen LogP contribution in [-0.4, -0.2) is 27.9 Å².